The smallest absolute Gasteiger partial charge is 0.283 e. The second-order valence-electron chi connectivity index (χ2n) is 4.39. The van der Waals surface area contributed by atoms with Crippen molar-refractivity contribution in [2.45, 2.75) is 13.2 Å². The number of hydrogen-bond acceptors (Lipinski definition) is 3. The minimum atomic E-state index is -0.387. The third-order valence-corrected chi connectivity index (χ3v) is 3.96. The van der Waals surface area contributed by atoms with Gasteiger partial charge in [-0.2, -0.15) is 5.10 Å². The van der Waals surface area contributed by atoms with Gasteiger partial charge in [0.15, 0.2) is 0 Å². The van der Waals surface area contributed by atoms with Crippen LogP contribution in [0.5, 0.6) is 0 Å². The first kappa shape index (κ1) is 15.5. The van der Waals surface area contributed by atoms with Crippen LogP contribution < -0.4 is 5.56 Å². The van der Waals surface area contributed by atoms with Crippen LogP contribution in [0.2, 0.25) is 10.0 Å². The number of aromatic nitrogens is 2. The highest BCUT2D eigenvalue weighted by Crippen LogP contribution is 2.15. The Morgan fingerprint density at radius 3 is 2.60 bits per heavy atom. The molecule has 2 rings (SSSR count). The zero-order valence-corrected chi connectivity index (χ0v) is 13.8. The van der Waals surface area contributed by atoms with E-state index in [0.717, 1.165) is 10.0 Å². The lowest BCUT2D eigenvalue weighted by Crippen LogP contribution is -2.31. The Bertz CT molecular complexity index is 658. The average Bonchev–Trinajstić information content (AvgIpc) is 2.42. The summed E-state index contributed by atoms with van der Waals surface area (Å²) in [5.41, 5.74) is 0.755. The van der Waals surface area contributed by atoms with E-state index in [1.807, 2.05) is 36.2 Å². The molecule has 0 unspecified atom stereocenters. The van der Waals surface area contributed by atoms with Crippen molar-refractivity contribution in [3.05, 3.63) is 60.9 Å². The molecule has 7 heteroatoms. The number of hydrogen-bond donors (Lipinski definition) is 0. The molecule has 0 N–H and O–H groups in total. The highest BCUT2D eigenvalue weighted by Gasteiger charge is 2.09. The van der Waals surface area contributed by atoms with Gasteiger partial charge in [0.1, 0.15) is 5.02 Å². The Balaban J connectivity index is 2.08. The van der Waals surface area contributed by atoms with Crippen LogP contribution in [0.3, 0.4) is 0 Å². The lowest BCUT2D eigenvalue weighted by molar-refractivity contribution is 0.240. The van der Waals surface area contributed by atoms with Gasteiger partial charge in [-0.3, -0.25) is 9.69 Å². The van der Waals surface area contributed by atoms with Crippen molar-refractivity contribution in [2.24, 2.45) is 0 Å². The molecule has 20 heavy (non-hydrogen) atoms. The van der Waals surface area contributed by atoms with Crippen molar-refractivity contribution >= 4 is 39.1 Å². The maximum Gasteiger partial charge on any atom is 0.288 e. The van der Waals surface area contributed by atoms with Crippen molar-refractivity contribution in [3.8, 4) is 0 Å². The minimum Gasteiger partial charge on any atom is -0.283 e. The fraction of sp³-hybridized carbons (Fsp3) is 0.231. The Labute approximate surface area is 135 Å². The largest absolute Gasteiger partial charge is 0.288 e. The highest BCUT2D eigenvalue weighted by molar-refractivity contribution is 9.10. The molecule has 0 radical (unpaired) electrons. The van der Waals surface area contributed by atoms with Crippen LogP contribution in [0.25, 0.3) is 0 Å². The van der Waals surface area contributed by atoms with E-state index < -0.39 is 0 Å². The molecule has 106 valence electrons. The molecule has 0 saturated heterocycles. The van der Waals surface area contributed by atoms with E-state index in [-0.39, 0.29) is 15.6 Å². The van der Waals surface area contributed by atoms with Crippen LogP contribution >= 0.6 is 39.1 Å². The number of halogens is 3. The first-order valence-corrected chi connectivity index (χ1v) is 7.36. The van der Waals surface area contributed by atoms with Gasteiger partial charge in [0.2, 0.25) is 0 Å². The topological polar surface area (TPSA) is 38.1 Å². The van der Waals surface area contributed by atoms with Gasteiger partial charge in [-0.05, 0) is 24.7 Å². The molecule has 0 atom stereocenters. The Morgan fingerprint density at radius 1 is 1.30 bits per heavy atom. The summed E-state index contributed by atoms with van der Waals surface area (Å²) in [6.07, 6.45) is 1.37. The minimum absolute atomic E-state index is 0.00120. The van der Waals surface area contributed by atoms with E-state index >= 15 is 0 Å². The fourth-order valence-electron chi connectivity index (χ4n) is 1.73. The van der Waals surface area contributed by atoms with Gasteiger partial charge in [0.05, 0.1) is 17.9 Å². The van der Waals surface area contributed by atoms with Gasteiger partial charge >= 0.3 is 0 Å². The van der Waals surface area contributed by atoms with Gasteiger partial charge < -0.3 is 0 Å². The summed E-state index contributed by atoms with van der Waals surface area (Å²) in [6.45, 7) is 1.04. The molecular formula is C13H12BrCl2N3O. The summed E-state index contributed by atoms with van der Waals surface area (Å²) in [7, 11) is 1.90. The second-order valence-corrected chi connectivity index (χ2v) is 6.09. The van der Waals surface area contributed by atoms with Crippen LogP contribution in [0.1, 0.15) is 5.56 Å². The molecule has 0 aliphatic heterocycles. The molecule has 0 amide bonds. The summed E-state index contributed by atoms with van der Waals surface area (Å²) >= 11 is 14.9. The Morgan fingerprint density at radius 2 is 1.95 bits per heavy atom. The van der Waals surface area contributed by atoms with Crippen molar-refractivity contribution in [3.63, 3.8) is 0 Å². The average molecular weight is 377 g/mol. The first-order chi connectivity index (χ1) is 9.47. The van der Waals surface area contributed by atoms with Crippen molar-refractivity contribution in [1.82, 2.24) is 14.7 Å². The summed E-state index contributed by atoms with van der Waals surface area (Å²) in [5, 5.41) is 4.14. The number of rotatable bonds is 4. The summed E-state index contributed by atoms with van der Waals surface area (Å²) < 4.78 is 2.32. The highest BCUT2D eigenvalue weighted by atomic mass is 79.9. The van der Waals surface area contributed by atoms with Crippen molar-refractivity contribution < 1.29 is 0 Å². The fourth-order valence-corrected chi connectivity index (χ4v) is 2.26. The van der Waals surface area contributed by atoms with Crippen LogP contribution in [0.15, 0.2) is 39.7 Å². The van der Waals surface area contributed by atoms with Gasteiger partial charge in [-0.25, -0.2) is 4.68 Å². The lowest BCUT2D eigenvalue weighted by atomic mass is 10.2. The normalized spacial score (nSPS) is 11.1. The van der Waals surface area contributed by atoms with E-state index in [1.54, 1.807) is 0 Å². The molecule has 0 aliphatic rings. The van der Waals surface area contributed by atoms with E-state index in [0.29, 0.717) is 13.2 Å². The monoisotopic (exact) mass is 375 g/mol. The van der Waals surface area contributed by atoms with Gasteiger partial charge in [-0.1, -0.05) is 51.3 Å². The molecule has 4 nitrogen and oxygen atoms in total. The SMILES string of the molecule is CN(Cc1ccc(Br)cc1)Cn1ncc(Cl)c(Cl)c1=O. The molecule has 1 aromatic carbocycles. The maximum atomic E-state index is 11.9. The van der Waals surface area contributed by atoms with Crippen LogP contribution in [-0.2, 0) is 13.2 Å². The second kappa shape index (κ2) is 6.72. The lowest BCUT2D eigenvalue weighted by Gasteiger charge is -2.17. The van der Waals surface area contributed by atoms with Gasteiger partial charge in [0, 0.05) is 11.0 Å². The predicted octanol–water partition coefficient (Wildman–Crippen LogP) is 3.40. The van der Waals surface area contributed by atoms with Crippen molar-refractivity contribution in [2.75, 3.05) is 7.05 Å². The molecule has 2 aromatic rings. The van der Waals surface area contributed by atoms with Crippen LogP contribution in [0.4, 0.5) is 0 Å². The molecule has 0 fully saturated rings. The number of nitrogens with zero attached hydrogens (tertiary/aromatic N) is 3. The van der Waals surface area contributed by atoms with E-state index in [2.05, 4.69) is 21.0 Å². The predicted molar refractivity (Wildman–Crippen MR) is 84.1 cm³/mol. The quantitative estimate of drug-likeness (QED) is 0.820. The zero-order chi connectivity index (χ0) is 14.7. The van der Waals surface area contributed by atoms with E-state index in [9.17, 15) is 4.79 Å². The van der Waals surface area contributed by atoms with E-state index in [4.69, 9.17) is 23.2 Å². The molecule has 1 aromatic heterocycles. The van der Waals surface area contributed by atoms with Crippen LogP contribution in [0, 0.1) is 0 Å². The van der Waals surface area contributed by atoms with Crippen molar-refractivity contribution in [1.29, 1.82) is 0 Å². The third kappa shape index (κ3) is 3.82. The first-order valence-electron chi connectivity index (χ1n) is 5.81. The van der Waals surface area contributed by atoms with Gasteiger partial charge in [-0.15, -0.1) is 0 Å². The summed E-state index contributed by atoms with van der Waals surface area (Å²) in [5.74, 6) is 0. The van der Waals surface area contributed by atoms with Gasteiger partial charge in [0.25, 0.3) is 5.56 Å². The van der Waals surface area contributed by atoms with Crippen LogP contribution in [-0.4, -0.2) is 21.7 Å². The molecular weight excluding hydrogens is 365 g/mol. The standard InChI is InChI=1S/C13H12BrCl2N3O/c1-18(7-9-2-4-10(14)5-3-9)8-19-13(20)12(16)11(15)6-17-19/h2-6H,7-8H2,1H3. The molecule has 1 heterocycles. The molecule has 0 aliphatic carbocycles. The maximum absolute atomic E-state index is 11.9. The summed E-state index contributed by atoms with van der Waals surface area (Å²) in [6, 6.07) is 8.00. The Hall–Kier alpha value is -0.880. The summed E-state index contributed by atoms with van der Waals surface area (Å²) in [4.78, 5) is 13.8. The molecule has 0 saturated carbocycles. The third-order valence-electron chi connectivity index (χ3n) is 2.68. The zero-order valence-electron chi connectivity index (χ0n) is 10.7. The molecule has 0 bridgehead atoms. The Kier molecular flexibility index (Phi) is 5.21. The van der Waals surface area contributed by atoms with E-state index in [1.165, 1.54) is 10.9 Å². The number of benzene rings is 1. The molecule has 0 spiro atoms.